The SMILES string of the molecule is Cc1ccccc1NC(=O)c1cccc(C(=O)Nc2ccc3c(c2)OCO3)c1. The third-order valence-corrected chi connectivity index (χ3v) is 4.41. The van der Waals surface area contributed by atoms with Crippen LogP contribution in [0.15, 0.2) is 66.7 Å². The van der Waals surface area contributed by atoms with Crippen LogP contribution in [0.25, 0.3) is 0 Å². The first-order chi connectivity index (χ1) is 13.6. The van der Waals surface area contributed by atoms with Crippen molar-refractivity contribution in [3.63, 3.8) is 0 Å². The number of rotatable bonds is 4. The quantitative estimate of drug-likeness (QED) is 0.717. The van der Waals surface area contributed by atoms with E-state index >= 15 is 0 Å². The standard InChI is InChI=1S/C22H18N2O4/c1-14-5-2-3-8-18(14)24-22(26)16-7-4-6-15(11-16)21(25)23-17-9-10-19-20(12-17)28-13-27-19/h2-12H,13H2,1H3,(H,23,25)(H,24,26). The van der Waals surface area contributed by atoms with Gasteiger partial charge in [0.2, 0.25) is 6.79 Å². The minimum absolute atomic E-state index is 0.171. The molecular weight excluding hydrogens is 356 g/mol. The van der Waals surface area contributed by atoms with Crippen molar-refractivity contribution in [1.82, 2.24) is 0 Å². The number of aryl methyl sites for hydroxylation is 1. The van der Waals surface area contributed by atoms with Crippen molar-refractivity contribution < 1.29 is 19.1 Å². The van der Waals surface area contributed by atoms with E-state index in [0.717, 1.165) is 11.3 Å². The van der Waals surface area contributed by atoms with Crippen molar-refractivity contribution in [3.05, 3.63) is 83.4 Å². The maximum Gasteiger partial charge on any atom is 0.255 e. The van der Waals surface area contributed by atoms with Crippen molar-refractivity contribution >= 4 is 23.2 Å². The fourth-order valence-corrected chi connectivity index (χ4v) is 2.89. The molecule has 4 rings (SSSR count). The molecule has 1 aliphatic heterocycles. The summed E-state index contributed by atoms with van der Waals surface area (Å²) in [4.78, 5) is 25.1. The van der Waals surface area contributed by atoms with Crippen LogP contribution in [0, 0.1) is 6.92 Å². The third-order valence-electron chi connectivity index (χ3n) is 4.41. The number of carbonyl (C=O) groups excluding carboxylic acids is 2. The van der Waals surface area contributed by atoms with Gasteiger partial charge in [-0.15, -0.1) is 0 Å². The smallest absolute Gasteiger partial charge is 0.255 e. The molecule has 3 aromatic carbocycles. The summed E-state index contributed by atoms with van der Waals surface area (Å²) in [6.45, 7) is 2.09. The highest BCUT2D eigenvalue weighted by molar-refractivity contribution is 6.09. The molecule has 0 aliphatic carbocycles. The van der Waals surface area contributed by atoms with Crippen molar-refractivity contribution in [3.8, 4) is 11.5 Å². The number of hydrogen-bond donors (Lipinski definition) is 2. The number of nitrogens with one attached hydrogen (secondary N) is 2. The van der Waals surface area contributed by atoms with Gasteiger partial charge in [-0.25, -0.2) is 0 Å². The lowest BCUT2D eigenvalue weighted by Gasteiger charge is -2.10. The predicted molar refractivity (Wildman–Crippen MR) is 106 cm³/mol. The predicted octanol–water partition coefficient (Wildman–Crippen LogP) is 4.23. The summed E-state index contributed by atoms with van der Waals surface area (Å²) in [6.07, 6.45) is 0. The van der Waals surface area contributed by atoms with E-state index in [1.54, 1.807) is 42.5 Å². The maximum absolute atomic E-state index is 12.6. The minimum Gasteiger partial charge on any atom is -0.454 e. The molecule has 140 valence electrons. The summed E-state index contributed by atoms with van der Waals surface area (Å²) in [7, 11) is 0. The highest BCUT2D eigenvalue weighted by atomic mass is 16.7. The van der Waals surface area contributed by atoms with Crippen molar-refractivity contribution in [1.29, 1.82) is 0 Å². The number of benzene rings is 3. The lowest BCUT2D eigenvalue weighted by Crippen LogP contribution is -2.16. The lowest BCUT2D eigenvalue weighted by atomic mass is 10.1. The van der Waals surface area contributed by atoms with Crippen LogP contribution in [-0.4, -0.2) is 18.6 Å². The molecule has 3 aromatic rings. The van der Waals surface area contributed by atoms with Gasteiger partial charge < -0.3 is 20.1 Å². The van der Waals surface area contributed by atoms with E-state index < -0.39 is 0 Å². The van der Waals surface area contributed by atoms with Crippen molar-refractivity contribution in [2.24, 2.45) is 0 Å². The number of anilines is 2. The topological polar surface area (TPSA) is 76.7 Å². The van der Waals surface area contributed by atoms with Crippen LogP contribution < -0.4 is 20.1 Å². The van der Waals surface area contributed by atoms with E-state index in [1.807, 2.05) is 31.2 Å². The highest BCUT2D eigenvalue weighted by Crippen LogP contribution is 2.34. The van der Waals surface area contributed by atoms with E-state index in [-0.39, 0.29) is 18.6 Å². The molecule has 0 fully saturated rings. The molecule has 0 bridgehead atoms. The first kappa shape index (κ1) is 17.6. The second kappa shape index (κ2) is 7.44. The lowest BCUT2D eigenvalue weighted by molar-refractivity contribution is 0.102. The monoisotopic (exact) mass is 374 g/mol. The Balaban J connectivity index is 1.49. The van der Waals surface area contributed by atoms with E-state index in [2.05, 4.69) is 10.6 Å². The Morgan fingerprint density at radius 3 is 2.29 bits per heavy atom. The molecule has 0 saturated carbocycles. The first-order valence-electron chi connectivity index (χ1n) is 8.78. The largest absolute Gasteiger partial charge is 0.454 e. The third kappa shape index (κ3) is 3.66. The van der Waals surface area contributed by atoms with E-state index in [4.69, 9.17) is 9.47 Å². The molecule has 0 spiro atoms. The Morgan fingerprint density at radius 2 is 1.50 bits per heavy atom. The van der Waals surface area contributed by atoms with Crippen LogP contribution in [0.4, 0.5) is 11.4 Å². The summed E-state index contributed by atoms with van der Waals surface area (Å²) >= 11 is 0. The Hall–Kier alpha value is -3.80. The normalized spacial score (nSPS) is 11.8. The van der Waals surface area contributed by atoms with Crippen molar-refractivity contribution in [2.75, 3.05) is 17.4 Å². The van der Waals surface area contributed by atoms with Gasteiger partial charge in [-0.2, -0.15) is 0 Å². The van der Waals surface area contributed by atoms with Gasteiger partial charge in [0.25, 0.3) is 11.8 Å². The van der Waals surface area contributed by atoms with E-state index in [9.17, 15) is 9.59 Å². The molecule has 0 unspecified atom stereocenters. The molecule has 1 heterocycles. The van der Waals surface area contributed by atoms with Crippen LogP contribution in [-0.2, 0) is 0 Å². The fraction of sp³-hybridized carbons (Fsp3) is 0.0909. The Labute approximate surface area is 162 Å². The Morgan fingerprint density at radius 1 is 0.786 bits per heavy atom. The van der Waals surface area contributed by atoms with Gasteiger partial charge >= 0.3 is 0 Å². The molecule has 0 radical (unpaired) electrons. The Kier molecular flexibility index (Phi) is 4.68. The zero-order valence-electron chi connectivity index (χ0n) is 15.2. The van der Waals surface area contributed by atoms with E-state index in [0.29, 0.717) is 28.3 Å². The molecular formula is C22H18N2O4. The van der Waals surface area contributed by atoms with Gasteiger partial charge in [0, 0.05) is 28.6 Å². The fourth-order valence-electron chi connectivity index (χ4n) is 2.89. The summed E-state index contributed by atoms with van der Waals surface area (Å²) in [5, 5.41) is 5.68. The number of carbonyl (C=O) groups is 2. The first-order valence-corrected chi connectivity index (χ1v) is 8.78. The Bertz CT molecular complexity index is 1060. The van der Waals surface area contributed by atoms with Crippen LogP contribution >= 0.6 is 0 Å². The molecule has 0 atom stereocenters. The molecule has 0 saturated heterocycles. The second-order valence-electron chi connectivity index (χ2n) is 6.37. The molecule has 0 aromatic heterocycles. The zero-order chi connectivity index (χ0) is 19.5. The molecule has 2 amide bonds. The van der Waals surface area contributed by atoms with Gasteiger partial charge in [-0.05, 0) is 48.9 Å². The summed E-state index contributed by atoms with van der Waals surface area (Å²) in [5.41, 5.74) is 3.08. The molecule has 28 heavy (non-hydrogen) atoms. The number of fused-ring (bicyclic) bond motifs is 1. The summed E-state index contributed by atoms with van der Waals surface area (Å²) < 4.78 is 10.6. The van der Waals surface area contributed by atoms with Crippen LogP contribution in [0.2, 0.25) is 0 Å². The number of hydrogen-bond acceptors (Lipinski definition) is 4. The van der Waals surface area contributed by atoms with Crippen LogP contribution in [0.3, 0.4) is 0 Å². The van der Waals surface area contributed by atoms with Gasteiger partial charge in [-0.3, -0.25) is 9.59 Å². The second-order valence-corrected chi connectivity index (χ2v) is 6.37. The van der Waals surface area contributed by atoms with E-state index in [1.165, 1.54) is 0 Å². The average Bonchev–Trinajstić information content (AvgIpc) is 3.17. The van der Waals surface area contributed by atoms with Crippen molar-refractivity contribution in [2.45, 2.75) is 6.92 Å². The molecule has 2 N–H and O–H groups in total. The van der Waals surface area contributed by atoms with Crippen LogP contribution in [0.5, 0.6) is 11.5 Å². The average molecular weight is 374 g/mol. The summed E-state index contributed by atoms with van der Waals surface area (Å²) in [6, 6.07) is 19.3. The van der Waals surface area contributed by atoms with Gasteiger partial charge in [0.15, 0.2) is 11.5 Å². The zero-order valence-corrected chi connectivity index (χ0v) is 15.2. The molecule has 6 nitrogen and oxygen atoms in total. The van der Waals surface area contributed by atoms with Gasteiger partial charge in [-0.1, -0.05) is 24.3 Å². The highest BCUT2D eigenvalue weighted by Gasteiger charge is 2.15. The number of para-hydroxylation sites is 1. The van der Waals surface area contributed by atoms with Gasteiger partial charge in [0.05, 0.1) is 0 Å². The number of ether oxygens (including phenoxy) is 2. The minimum atomic E-state index is -0.315. The molecule has 6 heteroatoms. The summed E-state index contributed by atoms with van der Waals surface area (Å²) in [5.74, 6) is 0.647. The van der Waals surface area contributed by atoms with Gasteiger partial charge in [0.1, 0.15) is 0 Å². The molecule has 1 aliphatic rings. The number of amides is 2. The maximum atomic E-state index is 12.6. The van der Waals surface area contributed by atoms with Crippen LogP contribution in [0.1, 0.15) is 26.3 Å².